The first-order valence-corrected chi connectivity index (χ1v) is 10.0. The van der Waals surface area contributed by atoms with Crippen molar-refractivity contribution >= 4 is 16.7 Å². The molecular formula is C23H24N2O4. The molecule has 0 radical (unpaired) electrons. The number of nitrogens with zero attached hydrogens (tertiary/aromatic N) is 2. The van der Waals surface area contributed by atoms with Crippen LogP contribution in [0.15, 0.2) is 51.7 Å². The molecule has 1 saturated heterocycles. The van der Waals surface area contributed by atoms with E-state index in [0.29, 0.717) is 18.9 Å². The van der Waals surface area contributed by atoms with Gasteiger partial charge in [-0.3, -0.25) is 4.90 Å². The van der Waals surface area contributed by atoms with Crippen molar-refractivity contribution in [3.63, 3.8) is 0 Å². The molecule has 0 atom stereocenters. The highest BCUT2D eigenvalue weighted by Crippen LogP contribution is 2.34. The Hall–Kier alpha value is -2.83. The van der Waals surface area contributed by atoms with E-state index in [2.05, 4.69) is 34.1 Å². The summed E-state index contributed by atoms with van der Waals surface area (Å²) in [5.74, 6) is 0.784. The van der Waals surface area contributed by atoms with Crippen molar-refractivity contribution in [2.75, 3.05) is 37.9 Å². The Bertz CT molecular complexity index is 1080. The molecule has 2 aliphatic rings. The minimum Gasteiger partial charge on any atom is -0.473 e. The Kier molecular flexibility index (Phi) is 4.73. The molecule has 0 spiro atoms. The Morgan fingerprint density at radius 2 is 1.83 bits per heavy atom. The van der Waals surface area contributed by atoms with Crippen LogP contribution in [0.5, 0.6) is 5.75 Å². The van der Waals surface area contributed by atoms with Gasteiger partial charge in [0, 0.05) is 36.8 Å². The second-order valence-electron chi connectivity index (χ2n) is 7.69. The van der Waals surface area contributed by atoms with Gasteiger partial charge >= 0.3 is 5.63 Å². The number of fused-ring (bicyclic) bond motifs is 3. The second kappa shape index (κ2) is 7.54. The largest absolute Gasteiger partial charge is 0.473 e. The zero-order valence-electron chi connectivity index (χ0n) is 16.5. The van der Waals surface area contributed by atoms with Crippen molar-refractivity contribution in [3.05, 3.63) is 69.6 Å². The lowest BCUT2D eigenvalue weighted by molar-refractivity contribution is 0.0342. The fraction of sp³-hybridized carbons (Fsp3) is 0.348. The summed E-state index contributed by atoms with van der Waals surface area (Å²) in [6, 6.07) is 14.1. The van der Waals surface area contributed by atoms with Gasteiger partial charge < -0.3 is 18.8 Å². The molecule has 1 aromatic heterocycles. The molecule has 0 N–H and O–H groups in total. The molecule has 6 nitrogen and oxygen atoms in total. The molecule has 1 fully saturated rings. The monoisotopic (exact) mass is 392 g/mol. The van der Waals surface area contributed by atoms with E-state index in [1.54, 1.807) is 0 Å². The summed E-state index contributed by atoms with van der Waals surface area (Å²) in [6.45, 7) is 7.57. The van der Waals surface area contributed by atoms with E-state index in [0.717, 1.165) is 60.8 Å². The SMILES string of the molecule is Cc1cc(=O)oc2c3c(ccc12)OCN(c1ccc(CN2CCOCC2)cc1)C3. The number of anilines is 1. The fourth-order valence-corrected chi connectivity index (χ4v) is 4.09. The molecule has 0 aliphatic carbocycles. The van der Waals surface area contributed by atoms with Crippen LogP contribution in [0.3, 0.4) is 0 Å². The topological polar surface area (TPSA) is 55.2 Å². The lowest BCUT2D eigenvalue weighted by Crippen LogP contribution is -2.35. The molecule has 0 unspecified atom stereocenters. The van der Waals surface area contributed by atoms with Crippen LogP contribution in [0.25, 0.3) is 11.0 Å². The molecule has 6 heteroatoms. The molecule has 3 aromatic rings. The van der Waals surface area contributed by atoms with Crippen LogP contribution < -0.4 is 15.3 Å². The lowest BCUT2D eigenvalue weighted by atomic mass is 10.0. The van der Waals surface area contributed by atoms with E-state index >= 15 is 0 Å². The summed E-state index contributed by atoms with van der Waals surface area (Å²) in [5, 5.41) is 0.953. The van der Waals surface area contributed by atoms with E-state index in [4.69, 9.17) is 13.9 Å². The van der Waals surface area contributed by atoms with Crippen LogP contribution in [0.4, 0.5) is 5.69 Å². The average molecular weight is 392 g/mol. The maximum absolute atomic E-state index is 11.9. The van der Waals surface area contributed by atoms with Crippen LogP contribution in [0.1, 0.15) is 16.7 Å². The number of ether oxygens (including phenoxy) is 2. The van der Waals surface area contributed by atoms with Crippen molar-refractivity contribution in [3.8, 4) is 5.75 Å². The van der Waals surface area contributed by atoms with Crippen LogP contribution in [-0.2, 0) is 17.8 Å². The Morgan fingerprint density at radius 3 is 2.62 bits per heavy atom. The molecule has 0 amide bonds. The first-order valence-electron chi connectivity index (χ1n) is 10.0. The van der Waals surface area contributed by atoms with Gasteiger partial charge in [0.1, 0.15) is 11.3 Å². The third-order valence-corrected chi connectivity index (χ3v) is 5.72. The predicted octanol–water partition coefficient (Wildman–Crippen LogP) is 3.29. The van der Waals surface area contributed by atoms with E-state index < -0.39 is 0 Å². The zero-order chi connectivity index (χ0) is 19.8. The quantitative estimate of drug-likeness (QED) is 0.638. The van der Waals surface area contributed by atoms with E-state index in [1.165, 1.54) is 11.6 Å². The molecule has 5 rings (SSSR count). The van der Waals surface area contributed by atoms with E-state index in [1.807, 2.05) is 19.1 Å². The molecule has 29 heavy (non-hydrogen) atoms. The minimum atomic E-state index is -0.326. The summed E-state index contributed by atoms with van der Waals surface area (Å²) in [4.78, 5) is 16.5. The van der Waals surface area contributed by atoms with Gasteiger partial charge in [0.05, 0.1) is 25.3 Å². The highest BCUT2D eigenvalue weighted by atomic mass is 16.5. The minimum absolute atomic E-state index is 0.326. The van der Waals surface area contributed by atoms with Gasteiger partial charge in [0.15, 0.2) is 6.73 Å². The maximum atomic E-state index is 11.9. The van der Waals surface area contributed by atoms with Gasteiger partial charge in [0.25, 0.3) is 0 Å². The van der Waals surface area contributed by atoms with Crippen molar-refractivity contribution in [1.29, 1.82) is 0 Å². The summed E-state index contributed by atoms with van der Waals surface area (Å²) < 4.78 is 16.9. The number of hydrogen-bond donors (Lipinski definition) is 0. The summed E-state index contributed by atoms with van der Waals surface area (Å²) in [7, 11) is 0. The maximum Gasteiger partial charge on any atom is 0.336 e. The Balaban J connectivity index is 1.39. The molecule has 0 bridgehead atoms. The smallest absolute Gasteiger partial charge is 0.336 e. The molecule has 2 aromatic carbocycles. The first-order chi connectivity index (χ1) is 14.2. The van der Waals surface area contributed by atoms with Gasteiger partial charge in [-0.1, -0.05) is 12.1 Å². The average Bonchev–Trinajstić information content (AvgIpc) is 2.74. The highest BCUT2D eigenvalue weighted by Gasteiger charge is 2.22. The molecule has 3 heterocycles. The lowest BCUT2D eigenvalue weighted by Gasteiger charge is -2.31. The van der Waals surface area contributed by atoms with Gasteiger partial charge in [-0.15, -0.1) is 0 Å². The fourth-order valence-electron chi connectivity index (χ4n) is 4.09. The van der Waals surface area contributed by atoms with Crippen molar-refractivity contribution in [2.24, 2.45) is 0 Å². The normalized spacial score (nSPS) is 17.2. The van der Waals surface area contributed by atoms with Crippen LogP contribution in [0, 0.1) is 6.92 Å². The molecule has 150 valence electrons. The Morgan fingerprint density at radius 1 is 1.03 bits per heavy atom. The molecule has 2 aliphatic heterocycles. The van der Waals surface area contributed by atoms with E-state index in [-0.39, 0.29) is 5.63 Å². The van der Waals surface area contributed by atoms with Crippen LogP contribution in [-0.4, -0.2) is 37.9 Å². The number of morpholine rings is 1. The Labute approximate surface area is 169 Å². The third kappa shape index (κ3) is 3.61. The van der Waals surface area contributed by atoms with Crippen molar-refractivity contribution in [2.45, 2.75) is 20.0 Å². The van der Waals surface area contributed by atoms with Gasteiger partial charge in [-0.05, 0) is 42.3 Å². The number of rotatable bonds is 3. The van der Waals surface area contributed by atoms with Crippen LogP contribution in [0.2, 0.25) is 0 Å². The second-order valence-corrected chi connectivity index (χ2v) is 7.69. The standard InChI is InChI=1S/C23H24N2O4/c1-16-12-22(26)29-23-19(16)6-7-21-20(23)14-25(15-28-21)18-4-2-17(3-5-18)13-24-8-10-27-11-9-24/h2-7,12H,8-11,13-15H2,1H3. The van der Waals surface area contributed by atoms with Gasteiger partial charge in [-0.2, -0.15) is 0 Å². The molecular weight excluding hydrogens is 368 g/mol. The summed E-state index contributed by atoms with van der Waals surface area (Å²) in [6.07, 6.45) is 0. The zero-order valence-corrected chi connectivity index (χ0v) is 16.5. The highest BCUT2D eigenvalue weighted by molar-refractivity contribution is 5.85. The summed E-state index contributed by atoms with van der Waals surface area (Å²) >= 11 is 0. The van der Waals surface area contributed by atoms with Gasteiger partial charge in [0.2, 0.25) is 0 Å². The van der Waals surface area contributed by atoms with Crippen molar-refractivity contribution < 1.29 is 13.9 Å². The number of hydrogen-bond acceptors (Lipinski definition) is 6. The van der Waals surface area contributed by atoms with Gasteiger partial charge in [-0.25, -0.2) is 4.79 Å². The van der Waals surface area contributed by atoms with Crippen molar-refractivity contribution in [1.82, 2.24) is 4.90 Å². The first kappa shape index (κ1) is 18.2. The third-order valence-electron chi connectivity index (χ3n) is 5.72. The number of aryl methyl sites for hydroxylation is 1. The summed E-state index contributed by atoms with van der Waals surface area (Å²) in [5.41, 5.74) is 4.53. The number of benzene rings is 2. The predicted molar refractivity (Wildman–Crippen MR) is 111 cm³/mol. The van der Waals surface area contributed by atoms with Crippen LogP contribution >= 0.6 is 0 Å². The van der Waals surface area contributed by atoms with E-state index in [9.17, 15) is 4.79 Å². The molecule has 0 saturated carbocycles.